The summed E-state index contributed by atoms with van der Waals surface area (Å²) in [6.45, 7) is 5.09. The maximum absolute atomic E-state index is 12.4. The van der Waals surface area contributed by atoms with Crippen LogP contribution < -0.4 is 9.64 Å². The molecule has 130 valence electrons. The number of fused-ring (bicyclic) bond motifs is 1. The Kier molecular flexibility index (Phi) is 5.18. The van der Waals surface area contributed by atoms with Crippen molar-refractivity contribution >= 4 is 28.6 Å². The molecule has 6 nitrogen and oxygen atoms in total. The van der Waals surface area contributed by atoms with Crippen molar-refractivity contribution in [3.63, 3.8) is 0 Å². The van der Waals surface area contributed by atoms with E-state index in [0.29, 0.717) is 13.1 Å². The van der Waals surface area contributed by atoms with E-state index in [1.54, 1.807) is 16.8 Å². The lowest BCUT2D eigenvalue weighted by Gasteiger charge is -2.37. The largest absolute Gasteiger partial charge is 0.485 e. The number of carbonyl (C=O) groups excluding carboxylic acids is 2. The number of hydrogen-bond donors (Lipinski definition) is 0. The molecule has 0 aromatic heterocycles. The van der Waals surface area contributed by atoms with Crippen LogP contribution in [0.3, 0.4) is 0 Å². The van der Waals surface area contributed by atoms with E-state index < -0.39 is 0 Å². The Hall–Kier alpha value is -1.89. The number of anilines is 1. The predicted octanol–water partition coefficient (Wildman–Crippen LogP) is 1.90. The van der Waals surface area contributed by atoms with Crippen LogP contribution in [0.2, 0.25) is 0 Å². The first kappa shape index (κ1) is 17.0. The first-order valence-corrected chi connectivity index (χ1v) is 9.23. The number of nitrogens with zero attached hydrogens (tertiary/aromatic N) is 3. The summed E-state index contributed by atoms with van der Waals surface area (Å²) >= 11 is 1.28. The zero-order chi connectivity index (χ0) is 17.1. The fraction of sp³-hybridized carbons (Fsp3) is 0.529. The van der Waals surface area contributed by atoms with E-state index in [2.05, 4.69) is 17.9 Å². The van der Waals surface area contributed by atoms with E-state index in [9.17, 15) is 9.59 Å². The second kappa shape index (κ2) is 7.34. The first-order chi connectivity index (χ1) is 11.6. The Morgan fingerprint density at radius 3 is 2.88 bits per heavy atom. The number of thioether (sulfide) groups is 1. The Bertz CT molecular complexity index is 625. The van der Waals surface area contributed by atoms with Crippen molar-refractivity contribution in [2.24, 2.45) is 0 Å². The van der Waals surface area contributed by atoms with Gasteiger partial charge in [-0.3, -0.25) is 9.59 Å². The molecule has 2 aliphatic rings. The Morgan fingerprint density at radius 2 is 2.17 bits per heavy atom. The van der Waals surface area contributed by atoms with E-state index in [1.807, 2.05) is 18.2 Å². The summed E-state index contributed by atoms with van der Waals surface area (Å²) in [6.07, 6.45) is -0.0718. The molecule has 2 amide bonds. The summed E-state index contributed by atoms with van der Waals surface area (Å²) < 4.78 is 6.06. The molecule has 3 rings (SSSR count). The molecule has 0 radical (unpaired) electrons. The quantitative estimate of drug-likeness (QED) is 0.813. The van der Waals surface area contributed by atoms with Gasteiger partial charge in [0, 0.05) is 25.9 Å². The van der Waals surface area contributed by atoms with Gasteiger partial charge in [0.05, 0.1) is 18.8 Å². The molecule has 2 heterocycles. The van der Waals surface area contributed by atoms with E-state index >= 15 is 0 Å². The lowest BCUT2D eigenvalue weighted by atomic mass is 10.2. The van der Waals surface area contributed by atoms with Gasteiger partial charge < -0.3 is 19.4 Å². The van der Waals surface area contributed by atoms with Crippen molar-refractivity contribution in [3.05, 3.63) is 24.3 Å². The molecule has 0 saturated carbocycles. The van der Waals surface area contributed by atoms with Crippen LogP contribution >= 0.6 is 11.8 Å². The van der Waals surface area contributed by atoms with Gasteiger partial charge in [-0.2, -0.15) is 0 Å². The van der Waals surface area contributed by atoms with Crippen LogP contribution in [0.1, 0.15) is 6.92 Å². The van der Waals surface area contributed by atoms with Crippen molar-refractivity contribution in [1.29, 1.82) is 0 Å². The van der Waals surface area contributed by atoms with E-state index in [4.69, 9.17) is 4.74 Å². The van der Waals surface area contributed by atoms with E-state index in [1.165, 1.54) is 11.8 Å². The van der Waals surface area contributed by atoms with Crippen LogP contribution in [0.5, 0.6) is 5.75 Å². The molecule has 1 aromatic carbocycles. The molecule has 2 aliphatic heterocycles. The minimum absolute atomic E-state index is 0.00301. The summed E-state index contributed by atoms with van der Waals surface area (Å²) in [5.74, 6) is 1.59. The molecule has 1 atom stereocenters. The highest BCUT2D eigenvalue weighted by Crippen LogP contribution is 2.32. The maximum atomic E-state index is 12.4. The average Bonchev–Trinajstić information content (AvgIpc) is 2.98. The molecule has 7 heteroatoms. The number of carbonyl (C=O) groups is 2. The first-order valence-electron chi connectivity index (χ1n) is 8.24. The minimum Gasteiger partial charge on any atom is -0.485 e. The number of benzene rings is 1. The number of amides is 2. The third-order valence-corrected chi connectivity index (χ3v) is 5.27. The highest BCUT2D eigenvalue weighted by atomic mass is 32.2. The van der Waals surface area contributed by atoms with Crippen molar-refractivity contribution in [2.45, 2.75) is 13.0 Å². The SMILES string of the molecule is CCN1C[C@@H](CN(C)C(=O)CN2CCSC2=O)Oc2ccccc21. The molecule has 1 fully saturated rings. The smallest absolute Gasteiger partial charge is 0.282 e. The standard InChI is InChI=1S/C17H23N3O3S/c1-3-19-11-13(23-15-7-5-4-6-14(15)19)10-18(2)16(21)12-20-8-9-24-17(20)22/h4-7,13H,3,8-12H2,1-2H3/t13-/m1/s1. The van der Waals surface area contributed by atoms with Crippen molar-refractivity contribution in [2.75, 3.05) is 50.4 Å². The van der Waals surface area contributed by atoms with E-state index in [-0.39, 0.29) is 23.8 Å². The number of hydrogen-bond acceptors (Lipinski definition) is 5. The summed E-state index contributed by atoms with van der Waals surface area (Å²) in [6, 6.07) is 7.99. The lowest BCUT2D eigenvalue weighted by molar-refractivity contribution is -0.131. The van der Waals surface area contributed by atoms with Gasteiger partial charge in [0.15, 0.2) is 0 Å². The molecular weight excluding hydrogens is 326 g/mol. The Balaban J connectivity index is 1.59. The lowest BCUT2D eigenvalue weighted by Crippen LogP contribution is -2.48. The molecule has 0 spiro atoms. The molecule has 0 bridgehead atoms. The van der Waals surface area contributed by atoms with Crippen LogP contribution in [-0.4, -0.2) is 72.6 Å². The summed E-state index contributed by atoms with van der Waals surface area (Å²) in [5, 5.41) is -0.00301. The zero-order valence-electron chi connectivity index (χ0n) is 14.1. The maximum Gasteiger partial charge on any atom is 0.282 e. The predicted molar refractivity (Wildman–Crippen MR) is 95.8 cm³/mol. The summed E-state index contributed by atoms with van der Waals surface area (Å²) in [4.78, 5) is 29.5. The average molecular weight is 349 g/mol. The monoisotopic (exact) mass is 349 g/mol. The number of rotatable bonds is 5. The molecular formula is C17H23N3O3S. The van der Waals surface area contributed by atoms with Gasteiger partial charge >= 0.3 is 0 Å². The Morgan fingerprint density at radius 1 is 1.38 bits per heavy atom. The van der Waals surface area contributed by atoms with Gasteiger partial charge in [0.25, 0.3) is 5.24 Å². The van der Waals surface area contributed by atoms with Gasteiger partial charge in [0.1, 0.15) is 18.4 Å². The third-order valence-electron chi connectivity index (χ3n) is 4.38. The van der Waals surface area contributed by atoms with Crippen molar-refractivity contribution < 1.29 is 14.3 Å². The fourth-order valence-electron chi connectivity index (χ4n) is 3.03. The van der Waals surface area contributed by atoms with Crippen LogP contribution in [0.25, 0.3) is 0 Å². The second-order valence-corrected chi connectivity index (χ2v) is 7.10. The Labute approximate surface area is 146 Å². The van der Waals surface area contributed by atoms with Crippen LogP contribution in [0.4, 0.5) is 10.5 Å². The summed E-state index contributed by atoms with van der Waals surface area (Å²) in [7, 11) is 1.77. The van der Waals surface area contributed by atoms with Gasteiger partial charge in [-0.15, -0.1) is 0 Å². The van der Waals surface area contributed by atoms with Gasteiger partial charge in [-0.25, -0.2) is 0 Å². The van der Waals surface area contributed by atoms with E-state index in [0.717, 1.165) is 30.3 Å². The highest BCUT2D eigenvalue weighted by Gasteiger charge is 2.28. The molecule has 0 N–H and O–H groups in total. The van der Waals surface area contributed by atoms with Crippen LogP contribution in [0.15, 0.2) is 24.3 Å². The van der Waals surface area contributed by atoms with Gasteiger partial charge in [0.2, 0.25) is 5.91 Å². The molecule has 1 aromatic rings. The number of likely N-dealkylation sites (N-methyl/N-ethyl adjacent to an activating group) is 2. The topological polar surface area (TPSA) is 53.1 Å². The van der Waals surface area contributed by atoms with Crippen molar-refractivity contribution in [3.8, 4) is 5.75 Å². The molecule has 0 aliphatic carbocycles. The van der Waals surface area contributed by atoms with Gasteiger partial charge in [-0.1, -0.05) is 23.9 Å². The highest BCUT2D eigenvalue weighted by molar-refractivity contribution is 8.13. The minimum atomic E-state index is -0.0718. The van der Waals surface area contributed by atoms with Gasteiger partial charge in [-0.05, 0) is 19.1 Å². The van der Waals surface area contributed by atoms with Crippen molar-refractivity contribution in [1.82, 2.24) is 9.80 Å². The number of ether oxygens (including phenoxy) is 1. The molecule has 24 heavy (non-hydrogen) atoms. The zero-order valence-corrected chi connectivity index (χ0v) is 14.9. The molecule has 1 saturated heterocycles. The normalized spacial score (nSPS) is 19.9. The molecule has 0 unspecified atom stereocenters. The van der Waals surface area contributed by atoms with Crippen LogP contribution in [0, 0.1) is 0 Å². The van der Waals surface area contributed by atoms with Crippen LogP contribution in [-0.2, 0) is 4.79 Å². The summed E-state index contributed by atoms with van der Waals surface area (Å²) in [5.41, 5.74) is 1.10. The third kappa shape index (κ3) is 3.61. The second-order valence-electron chi connectivity index (χ2n) is 6.06. The fourth-order valence-corrected chi connectivity index (χ4v) is 3.86. The number of para-hydroxylation sites is 2.